The van der Waals surface area contributed by atoms with Crippen LogP contribution in [0.5, 0.6) is 0 Å². The van der Waals surface area contributed by atoms with Gasteiger partial charge in [0, 0.05) is 13.0 Å². The smallest absolute Gasteiger partial charge is 0.286 e. The van der Waals surface area contributed by atoms with E-state index < -0.39 is 0 Å². The first kappa shape index (κ1) is 7.63. The summed E-state index contributed by atoms with van der Waals surface area (Å²) < 4.78 is 0.587. The Bertz CT molecular complexity index is 235. The quantitative estimate of drug-likeness (QED) is 0.338. The van der Waals surface area contributed by atoms with Gasteiger partial charge in [-0.25, -0.2) is 0 Å². The molecule has 4 heteroatoms. The van der Waals surface area contributed by atoms with Gasteiger partial charge < -0.3 is 5.21 Å². The zero-order valence-electron chi connectivity index (χ0n) is 5.27. The van der Waals surface area contributed by atoms with Crippen molar-refractivity contribution in [3.05, 3.63) is 33.2 Å². The van der Waals surface area contributed by atoms with Crippen molar-refractivity contribution in [1.29, 1.82) is 0 Å². The van der Waals surface area contributed by atoms with Crippen LogP contribution in [0.25, 0.3) is 0 Å². The van der Waals surface area contributed by atoms with Crippen molar-refractivity contribution < 1.29 is 4.73 Å². The zero-order chi connectivity index (χ0) is 7.72. The Labute approximate surface area is 68.6 Å². The predicted molar refractivity (Wildman–Crippen MR) is 40.2 cm³/mol. The molecular formula is C6H5Cl2NO. The van der Waals surface area contributed by atoms with E-state index >= 15 is 0 Å². The van der Waals surface area contributed by atoms with Gasteiger partial charge in [0.15, 0.2) is 0 Å². The molecule has 2 nitrogen and oxygen atoms in total. The van der Waals surface area contributed by atoms with Gasteiger partial charge in [-0.05, 0) is 17.7 Å². The third-order valence-corrected chi connectivity index (χ3v) is 1.89. The molecule has 54 valence electrons. The van der Waals surface area contributed by atoms with E-state index in [1.54, 1.807) is 13.0 Å². The molecule has 1 aromatic heterocycles. The Morgan fingerprint density at radius 2 is 2.00 bits per heavy atom. The lowest BCUT2D eigenvalue weighted by Crippen LogP contribution is -2.31. The van der Waals surface area contributed by atoms with E-state index in [9.17, 15) is 5.21 Å². The molecule has 0 saturated heterocycles. The maximum Gasteiger partial charge on any atom is 0.286 e. The highest BCUT2D eigenvalue weighted by molar-refractivity contribution is 6.31. The van der Waals surface area contributed by atoms with Crippen molar-refractivity contribution in [1.82, 2.24) is 0 Å². The summed E-state index contributed by atoms with van der Waals surface area (Å²) in [5, 5.41) is 11.5. The maximum atomic E-state index is 10.9. The van der Waals surface area contributed by atoms with Crippen LogP contribution in [0.15, 0.2) is 12.1 Å². The lowest BCUT2D eigenvalue weighted by molar-refractivity contribution is -0.609. The number of halogens is 2. The van der Waals surface area contributed by atoms with Crippen molar-refractivity contribution in [2.24, 2.45) is 0 Å². The molecule has 0 aliphatic heterocycles. The molecule has 10 heavy (non-hydrogen) atoms. The topological polar surface area (TPSA) is 26.9 Å². The minimum Gasteiger partial charge on any atom is -0.617 e. The summed E-state index contributed by atoms with van der Waals surface area (Å²) in [6, 6.07) is 3.05. The van der Waals surface area contributed by atoms with Crippen LogP contribution in [0.1, 0.15) is 5.69 Å². The Balaban J connectivity index is 3.34. The Morgan fingerprint density at radius 3 is 2.50 bits per heavy atom. The Kier molecular flexibility index (Phi) is 2.02. The highest BCUT2D eigenvalue weighted by Crippen LogP contribution is 2.12. The lowest BCUT2D eigenvalue weighted by Gasteiger charge is -2.01. The lowest BCUT2D eigenvalue weighted by atomic mass is 10.4. The van der Waals surface area contributed by atoms with Crippen molar-refractivity contribution >= 4 is 23.2 Å². The molecule has 0 aliphatic rings. The first-order valence-electron chi connectivity index (χ1n) is 2.67. The second-order valence-corrected chi connectivity index (χ2v) is 2.68. The number of hydrogen-bond donors (Lipinski definition) is 0. The first-order chi connectivity index (χ1) is 4.63. The third-order valence-electron chi connectivity index (χ3n) is 1.21. The van der Waals surface area contributed by atoms with E-state index in [2.05, 4.69) is 0 Å². The number of hydrogen-bond acceptors (Lipinski definition) is 1. The van der Waals surface area contributed by atoms with Crippen molar-refractivity contribution in [2.75, 3.05) is 0 Å². The highest BCUT2D eigenvalue weighted by Gasteiger charge is 2.07. The molecule has 0 atom stereocenters. The third kappa shape index (κ3) is 1.18. The van der Waals surface area contributed by atoms with Crippen molar-refractivity contribution in [2.45, 2.75) is 6.92 Å². The van der Waals surface area contributed by atoms with Crippen LogP contribution < -0.4 is 4.73 Å². The van der Waals surface area contributed by atoms with E-state index in [1.807, 2.05) is 0 Å². The van der Waals surface area contributed by atoms with Gasteiger partial charge in [-0.15, -0.1) is 0 Å². The number of nitrogens with zero attached hydrogens (tertiary/aromatic N) is 1. The van der Waals surface area contributed by atoms with E-state index in [-0.39, 0.29) is 5.15 Å². The SMILES string of the molecule is Cc1c(Cl)ccc(Cl)[n+]1[O-]. The fraction of sp³-hybridized carbons (Fsp3) is 0.167. The van der Waals surface area contributed by atoms with E-state index in [1.165, 1.54) is 6.07 Å². The minimum absolute atomic E-state index is 0.141. The van der Waals surface area contributed by atoms with Crippen LogP contribution in [0, 0.1) is 12.1 Å². The average Bonchev–Trinajstić information content (AvgIpc) is 1.93. The average molecular weight is 178 g/mol. The molecule has 0 unspecified atom stereocenters. The monoisotopic (exact) mass is 177 g/mol. The summed E-state index contributed by atoms with van der Waals surface area (Å²) in [7, 11) is 0. The largest absolute Gasteiger partial charge is 0.617 e. The van der Waals surface area contributed by atoms with Gasteiger partial charge in [0.25, 0.3) is 5.15 Å². The molecule has 0 fully saturated rings. The summed E-state index contributed by atoms with van der Waals surface area (Å²) in [4.78, 5) is 0. The van der Waals surface area contributed by atoms with Crippen LogP contribution in [0.2, 0.25) is 10.2 Å². The Hall–Kier alpha value is -0.470. The van der Waals surface area contributed by atoms with Crippen molar-refractivity contribution in [3.8, 4) is 0 Å². The van der Waals surface area contributed by atoms with Gasteiger partial charge >= 0.3 is 0 Å². The first-order valence-corrected chi connectivity index (χ1v) is 3.42. The van der Waals surface area contributed by atoms with E-state index in [0.717, 1.165) is 0 Å². The fourth-order valence-electron chi connectivity index (χ4n) is 0.587. The molecule has 1 heterocycles. The van der Waals surface area contributed by atoms with Gasteiger partial charge in [0.2, 0.25) is 5.69 Å². The van der Waals surface area contributed by atoms with Gasteiger partial charge in [-0.2, -0.15) is 4.73 Å². The van der Waals surface area contributed by atoms with Gasteiger partial charge in [0.05, 0.1) is 0 Å². The zero-order valence-corrected chi connectivity index (χ0v) is 6.78. The van der Waals surface area contributed by atoms with Gasteiger partial charge in [-0.1, -0.05) is 11.6 Å². The molecule has 0 N–H and O–H groups in total. The van der Waals surface area contributed by atoms with Crippen molar-refractivity contribution in [3.63, 3.8) is 0 Å². The molecule has 0 aliphatic carbocycles. The van der Waals surface area contributed by atoms with Crippen LogP contribution >= 0.6 is 23.2 Å². The molecule has 1 rings (SSSR count). The minimum atomic E-state index is 0.141. The summed E-state index contributed by atoms with van der Waals surface area (Å²) in [6.07, 6.45) is 0. The molecule has 0 spiro atoms. The van der Waals surface area contributed by atoms with Crippen LogP contribution in [-0.4, -0.2) is 0 Å². The molecular weight excluding hydrogens is 173 g/mol. The molecule has 1 aromatic rings. The summed E-state index contributed by atoms with van der Waals surface area (Å²) in [6.45, 7) is 1.61. The number of aromatic nitrogens is 1. The van der Waals surface area contributed by atoms with Crippen LogP contribution in [0.3, 0.4) is 0 Å². The second-order valence-electron chi connectivity index (χ2n) is 1.88. The molecule has 0 radical (unpaired) electrons. The van der Waals surface area contributed by atoms with E-state index in [4.69, 9.17) is 23.2 Å². The summed E-state index contributed by atoms with van der Waals surface area (Å²) >= 11 is 11.1. The summed E-state index contributed by atoms with van der Waals surface area (Å²) in [5.41, 5.74) is 0.425. The Morgan fingerprint density at radius 1 is 1.40 bits per heavy atom. The fourth-order valence-corrected chi connectivity index (χ4v) is 0.917. The summed E-state index contributed by atoms with van der Waals surface area (Å²) in [5.74, 6) is 0. The molecule has 0 saturated carbocycles. The highest BCUT2D eigenvalue weighted by atomic mass is 35.5. The number of pyridine rings is 1. The predicted octanol–water partition coefficient (Wildman–Crippen LogP) is 1.94. The molecule has 0 amide bonds. The van der Waals surface area contributed by atoms with Crippen LogP contribution in [0.4, 0.5) is 0 Å². The number of rotatable bonds is 0. The standard InChI is InChI=1S/C6H5Cl2NO/c1-4-5(7)2-3-6(8)9(4)10/h2-3H,1H3. The molecule has 0 bridgehead atoms. The second kappa shape index (κ2) is 2.64. The normalized spacial score (nSPS) is 9.90. The molecule has 0 aromatic carbocycles. The van der Waals surface area contributed by atoms with Crippen LogP contribution in [-0.2, 0) is 0 Å². The van der Waals surface area contributed by atoms with Gasteiger partial charge in [0.1, 0.15) is 5.02 Å². The maximum absolute atomic E-state index is 10.9. The van der Waals surface area contributed by atoms with E-state index in [0.29, 0.717) is 15.4 Å². The van der Waals surface area contributed by atoms with Gasteiger partial charge in [-0.3, -0.25) is 0 Å².